The zero-order chi connectivity index (χ0) is 13.5. The van der Waals surface area contributed by atoms with Gasteiger partial charge in [-0.05, 0) is 38.5 Å². The van der Waals surface area contributed by atoms with E-state index in [-0.39, 0.29) is 0 Å². The maximum absolute atomic E-state index is 12.0. The second-order valence-corrected chi connectivity index (χ2v) is 6.49. The van der Waals surface area contributed by atoms with Crippen LogP contribution in [0.5, 0.6) is 0 Å². The van der Waals surface area contributed by atoms with Crippen molar-refractivity contribution in [3.63, 3.8) is 0 Å². The fourth-order valence-electron chi connectivity index (χ4n) is 3.18. The van der Waals surface area contributed by atoms with Crippen molar-refractivity contribution in [2.24, 2.45) is 5.92 Å². The average molecular weight is 275 g/mol. The van der Waals surface area contributed by atoms with Crippen LogP contribution in [0.25, 0.3) is 0 Å². The monoisotopic (exact) mass is 275 g/mol. The van der Waals surface area contributed by atoms with Crippen LogP contribution in [0.2, 0.25) is 0 Å². The second kappa shape index (κ2) is 4.86. The summed E-state index contributed by atoms with van der Waals surface area (Å²) in [6.07, 6.45) is 7.80. The lowest BCUT2D eigenvalue weighted by molar-refractivity contribution is -0.133. The van der Waals surface area contributed by atoms with E-state index in [2.05, 4.69) is 10.1 Å². The van der Waals surface area contributed by atoms with Gasteiger partial charge >= 0.3 is 0 Å². The van der Waals surface area contributed by atoms with Crippen molar-refractivity contribution >= 4 is 5.91 Å². The average Bonchev–Trinajstić information content (AvgIpc) is 3.16. The Morgan fingerprint density at radius 2 is 1.80 bits per heavy atom. The zero-order valence-electron chi connectivity index (χ0n) is 11.8. The predicted octanol–water partition coefficient (Wildman–Crippen LogP) is 2.45. The van der Waals surface area contributed by atoms with Gasteiger partial charge in [-0.3, -0.25) is 4.79 Å². The normalized spacial score (nSPS) is 24.7. The van der Waals surface area contributed by atoms with Crippen molar-refractivity contribution in [2.45, 2.75) is 56.8 Å². The lowest BCUT2D eigenvalue weighted by atomic mass is 9.85. The first-order valence-electron chi connectivity index (χ1n) is 7.93. The minimum Gasteiger partial charge on any atom is -0.342 e. The van der Waals surface area contributed by atoms with E-state index in [4.69, 9.17) is 4.52 Å². The highest BCUT2D eigenvalue weighted by Crippen LogP contribution is 2.37. The number of amides is 1. The van der Waals surface area contributed by atoms with E-state index in [1.54, 1.807) is 0 Å². The Balaban J connectivity index is 1.36. The summed E-state index contributed by atoms with van der Waals surface area (Å²) in [4.78, 5) is 18.6. The Morgan fingerprint density at radius 3 is 2.40 bits per heavy atom. The van der Waals surface area contributed by atoms with Crippen molar-refractivity contribution in [1.82, 2.24) is 15.0 Å². The summed E-state index contributed by atoms with van der Waals surface area (Å²) in [7, 11) is 0. The smallest absolute Gasteiger partial charge is 0.229 e. The summed E-state index contributed by atoms with van der Waals surface area (Å²) >= 11 is 0. The third kappa shape index (κ3) is 2.23. The number of carbonyl (C=O) groups excluding carboxylic acids is 1. The first-order valence-corrected chi connectivity index (χ1v) is 7.93. The maximum atomic E-state index is 12.0. The Labute approximate surface area is 118 Å². The van der Waals surface area contributed by atoms with Crippen molar-refractivity contribution in [3.05, 3.63) is 11.7 Å². The van der Waals surface area contributed by atoms with Gasteiger partial charge in [0.1, 0.15) is 0 Å². The number of hydrogen-bond acceptors (Lipinski definition) is 4. The molecule has 108 valence electrons. The van der Waals surface area contributed by atoms with Crippen molar-refractivity contribution in [2.75, 3.05) is 13.1 Å². The van der Waals surface area contributed by atoms with Gasteiger partial charge in [-0.25, -0.2) is 0 Å². The molecule has 0 bridgehead atoms. The van der Waals surface area contributed by atoms with Crippen LogP contribution in [0.3, 0.4) is 0 Å². The molecular weight excluding hydrogens is 254 g/mol. The van der Waals surface area contributed by atoms with Gasteiger partial charge in [0.05, 0.1) is 0 Å². The van der Waals surface area contributed by atoms with Crippen LogP contribution in [-0.4, -0.2) is 34.0 Å². The van der Waals surface area contributed by atoms with Gasteiger partial charge in [0, 0.05) is 30.8 Å². The molecule has 0 radical (unpaired) electrons. The lowest BCUT2D eigenvalue weighted by Gasteiger charge is -2.30. The Bertz CT molecular complexity index is 497. The van der Waals surface area contributed by atoms with Gasteiger partial charge in [-0.2, -0.15) is 4.98 Å². The molecule has 0 aromatic carbocycles. The van der Waals surface area contributed by atoms with E-state index in [0.29, 0.717) is 23.7 Å². The van der Waals surface area contributed by atoms with Crippen molar-refractivity contribution in [3.8, 4) is 0 Å². The van der Waals surface area contributed by atoms with Gasteiger partial charge in [-0.1, -0.05) is 11.6 Å². The number of aromatic nitrogens is 2. The quantitative estimate of drug-likeness (QED) is 0.850. The van der Waals surface area contributed by atoms with Gasteiger partial charge in [-0.15, -0.1) is 0 Å². The van der Waals surface area contributed by atoms with Gasteiger partial charge in [0.15, 0.2) is 5.82 Å². The molecule has 5 heteroatoms. The molecule has 0 N–H and O–H groups in total. The largest absolute Gasteiger partial charge is 0.342 e. The van der Waals surface area contributed by atoms with E-state index >= 15 is 0 Å². The summed E-state index contributed by atoms with van der Waals surface area (Å²) < 4.78 is 5.45. The molecule has 3 fully saturated rings. The molecule has 4 rings (SSSR count). The standard InChI is InChI=1S/C15H21N3O2/c19-15(12-4-5-12)18-8-6-11(7-9-18)14-16-13(17-20-14)10-2-1-3-10/h10-12H,1-9H2. The van der Waals surface area contributed by atoms with Crippen LogP contribution in [0.15, 0.2) is 4.52 Å². The summed E-state index contributed by atoms with van der Waals surface area (Å²) in [6, 6.07) is 0. The van der Waals surface area contributed by atoms with Gasteiger partial charge in [0.25, 0.3) is 0 Å². The molecule has 5 nitrogen and oxygen atoms in total. The first kappa shape index (κ1) is 12.4. The second-order valence-electron chi connectivity index (χ2n) is 6.49. The fourth-order valence-corrected chi connectivity index (χ4v) is 3.18. The molecule has 2 saturated carbocycles. The maximum Gasteiger partial charge on any atom is 0.229 e. The first-order chi connectivity index (χ1) is 9.81. The van der Waals surface area contributed by atoms with E-state index in [1.807, 2.05) is 4.90 Å². The molecule has 1 aromatic rings. The third-order valence-corrected chi connectivity index (χ3v) is 5.01. The molecule has 2 heterocycles. The molecule has 1 aliphatic heterocycles. The summed E-state index contributed by atoms with van der Waals surface area (Å²) in [5, 5.41) is 4.14. The van der Waals surface area contributed by atoms with E-state index in [1.165, 1.54) is 19.3 Å². The number of likely N-dealkylation sites (tertiary alicyclic amines) is 1. The highest BCUT2D eigenvalue weighted by molar-refractivity contribution is 5.81. The number of nitrogens with zero attached hydrogens (tertiary/aromatic N) is 3. The Kier molecular flexibility index (Phi) is 3.00. The van der Waals surface area contributed by atoms with Crippen LogP contribution in [0.4, 0.5) is 0 Å². The Hall–Kier alpha value is -1.39. The highest BCUT2D eigenvalue weighted by atomic mass is 16.5. The lowest BCUT2D eigenvalue weighted by Crippen LogP contribution is -2.38. The molecular formula is C15H21N3O2. The topological polar surface area (TPSA) is 59.2 Å². The van der Waals surface area contributed by atoms with Gasteiger partial charge < -0.3 is 9.42 Å². The predicted molar refractivity (Wildman–Crippen MR) is 72.2 cm³/mol. The fraction of sp³-hybridized carbons (Fsp3) is 0.800. The molecule has 20 heavy (non-hydrogen) atoms. The van der Waals surface area contributed by atoms with E-state index in [0.717, 1.165) is 50.5 Å². The van der Waals surface area contributed by atoms with Crippen LogP contribution in [-0.2, 0) is 4.79 Å². The molecule has 1 aromatic heterocycles. The number of carbonyl (C=O) groups is 1. The van der Waals surface area contributed by atoms with Crippen LogP contribution in [0.1, 0.15) is 68.5 Å². The molecule has 1 amide bonds. The summed E-state index contributed by atoms with van der Waals surface area (Å²) in [5.74, 6) is 3.28. The minimum atomic E-state index is 0.333. The number of hydrogen-bond donors (Lipinski definition) is 0. The van der Waals surface area contributed by atoms with E-state index in [9.17, 15) is 4.79 Å². The van der Waals surface area contributed by atoms with Crippen LogP contribution in [0, 0.1) is 5.92 Å². The highest BCUT2D eigenvalue weighted by Gasteiger charge is 2.36. The zero-order valence-corrected chi connectivity index (χ0v) is 11.8. The summed E-state index contributed by atoms with van der Waals surface area (Å²) in [5.41, 5.74) is 0. The summed E-state index contributed by atoms with van der Waals surface area (Å²) in [6.45, 7) is 1.70. The molecule has 1 saturated heterocycles. The molecule has 2 aliphatic carbocycles. The van der Waals surface area contributed by atoms with Crippen LogP contribution >= 0.6 is 0 Å². The van der Waals surface area contributed by atoms with Gasteiger partial charge in [0.2, 0.25) is 11.8 Å². The van der Waals surface area contributed by atoms with Crippen molar-refractivity contribution in [1.29, 1.82) is 0 Å². The molecule has 3 aliphatic rings. The van der Waals surface area contributed by atoms with Crippen LogP contribution < -0.4 is 0 Å². The molecule has 0 spiro atoms. The molecule has 0 unspecified atom stereocenters. The third-order valence-electron chi connectivity index (χ3n) is 5.01. The number of rotatable bonds is 3. The molecule has 0 atom stereocenters. The minimum absolute atomic E-state index is 0.333. The van der Waals surface area contributed by atoms with E-state index < -0.39 is 0 Å². The SMILES string of the molecule is O=C(C1CC1)N1CCC(c2nc(C3CCC3)no2)CC1. The number of piperidine rings is 1. The van der Waals surface area contributed by atoms with Crippen molar-refractivity contribution < 1.29 is 9.32 Å². The Morgan fingerprint density at radius 1 is 1.05 bits per heavy atom.